The number of benzene rings is 1. The Labute approximate surface area is 120 Å². The maximum absolute atomic E-state index is 13.0. The zero-order valence-electron chi connectivity index (χ0n) is 10.8. The van der Waals surface area contributed by atoms with Crippen LogP contribution in [0.4, 0.5) is 4.39 Å². The van der Waals surface area contributed by atoms with E-state index < -0.39 is 17.8 Å². The summed E-state index contributed by atoms with van der Waals surface area (Å²) in [6, 6.07) is 2.99. The molecule has 0 fully saturated rings. The van der Waals surface area contributed by atoms with Crippen molar-refractivity contribution < 1.29 is 13.9 Å². The molecule has 1 aromatic rings. The summed E-state index contributed by atoms with van der Waals surface area (Å²) in [5.41, 5.74) is 8.59. The van der Waals surface area contributed by atoms with Gasteiger partial charge in [0.25, 0.3) is 0 Å². The first-order chi connectivity index (χ1) is 9.60. The molecular weight excluding hydrogens is 287 g/mol. The van der Waals surface area contributed by atoms with E-state index in [2.05, 4.69) is 15.3 Å². The number of esters is 1. The molecule has 0 radical (unpaired) electrons. The Morgan fingerprint density at radius 1 is 1.65 bits per heavy atom. The third-order valence-corrected chi connectivity index (χ3v) is 2.88. The van der Waals surface area contributed by atoms with E-state index in [4.69, 9.17) is 21.9 Å². The van der Waals surface area contributed by atoms with Gasteiger partial charge in [0.05, 0.1) is 7.11 Å². The topological polar surface area (TPSA) is 87.1 Å². The fourth-order valence-corrected chi connectivity index (χ4v) is 1.89. The lowest BCUT2D eigenvalue weighted by Crippen LogP contribution is -2.31. The first-order valence-electron chi connectivity index (χ1n) is 5.87. The quantitative estimate of drug-likeness (QED) is 0.276. The van der Waals surface area contributed by atoms with E-state index in [9.17, 15) is 9.18 Å². The standard InChI is InChI=1S/C12H14ClFN4O2/c1-20-12(19)11(16-5-2-6-17-18-15)9-4-3-8(14)7-10(9)13/h3-4,7,11,16H,2,5-6H2,1H3. The second-order valence-electron chi connectivity index (χ2n) is 3.88. The number of nitrogens with one attached hydrogen (secondary N) is 1. The molecule has 0 spiro atoms. The normalized spacial score (nSPS) is 11.6. The monoisotopic (exact) mass is 300 g/mol. The summed E-state index contributed by atoms with van der Waals surface area (Å²) >= 11 is 5.93. The van der Waals surface area contributed by atoms with Gasteiger partial charge in [0, 0.05) is 16.5 Å². The Bertz CT molecular complexity index is 520. The molecule has 0 aliphatic heterocycles. The summed E-state index contributed by atoms with van der Waals surface area (Å²) in [5, 5.41) is 6.47. The Morgan fingerprint density at radius 3 is 3.00 bits per heavy atom. The first kappa shape index (κ1) is 16.2. The van der Waals surface area contributed by atoms with Crippen molar-refractivity contribution in [2.45, 2.75) is 12.5 Å². The molecule has 0 aromatic heterocycles. The van der Waals surface area contributed by atoms with Crippen LogP contribution in [0.5, 0.6) is 0 Å². The Kier molecular flexibility index (Phi) is 6.79. The van der Waals surface area contributed by atoms with E-state index in [1.54, 1.807) is 0 Å². The van der Waals surface area contributed by atoms with E-state index in [1.165, 1.54) is 19.2 Å². The van der Waals surface area contributed by atoms with E-state index in [-0.39, 0.29) is 5.02 Å². The Hall–Kier alpha value is -1.82. The minimum atomic E-state index is -0.792. The zero-order chi connectivity index (χ0) is 15.0. The number of methoxy groups -OCH3 is 1. The van der Waals surface area contributed by atoms with E-state index in [0.717, 1.165) is 6.07 Å². The lowest BCUT2D eigenvalue weighted by Gasteiger charge is -2.17. The highest BCUT2D eigenvalue weighted by molar-refractivity contribution is 6.31. The molecule has 1 N–H and O–H groups in total. The number of azide groups is 1. The third-order valence-electron chi connectivity index (χ3n) is 2.56. The van der Waals surface area contributed by atoms with E-state index >= 15 is 0 Å². The largest absolute Gasteiger partial charge is 0.468 e. The summed E-state index contributed by atoms with van der Waals surface area (Å²) in [4.78, 5) is 14.4. The summed E-state index contributed by atoms with van der Waals surface area (Å²) < 4.78 is 17.7. The molecule has 0 saturated carbocycles. The SMILES string of the molecule is COC(=O)C(NCCCN=[N+]=[N-])c1ccc(F)cc1Cl. The molecule has 1 atom stereocenters. The Balaban J connectivity index is 2.78. The second-order valence-corrected chi connectivity index (χ2v) is 4.29. The van der Waals surface area contributed by atoms with Gasteiger partial charge in [0.2, 0.25) is 0 Å². The molecule has 108 valence electrons. The van der Waals surface area contributed by atoms with Gasteiger partial charge in [-0.1, -0.05) is 22.8 Å². The molecule has 0 heterocycles. The molecule has 0 aliphatic carbocycles. The molecule has 1 rings (SSSR count). The van der Waals surface area contributed by atoms with Gasteiger partial charge in [-0.15, -0.1) is 0 Å². The molecule has 8 heteroatoms. The van der Waals surface area contributed by atoms with Crippen LogP contribution in [0.1, 0.15) is 18.0 Å². The zero-order valence-corrected chi connectivity index (χ0v) is 11.6. The third kappa shape index (κ3) is 4.70. The molecular formula is C12H14ClFN4O2. The lowest BCUT2D eigenvalue weighted by molar-refractivity contribution is -0.143. The van der Waals surface area contributed by atoms with Crippen LogP contribution in [0.15, 0.2) is 23.3 Å². The maximum Gasteiger partial charge on any atom is 0.327 e. The van der Waals surface area contributed by atoms with Crippen LogP contribution in [-0.4, -0.2) is 26.2 Å². The number of ether oxygens (including phenoxy) is 1. The van der Waals surface area contributed by atoms with Gasteiger partial charge in [-0.05, 0) is 36.2 Å². The number of hydrogen-bond donors (Lipinski definition) is 1. The van der Waals surface area contributed by atoms with Crippen LogP contribution in [0.3, 0.4) is 0 Å². The molecule has 0 amide bonds. The second kappa shape index (κ2) is 8.37. The van der Waals surface area contributed by atoms with Crippen molar-refractivity contribution in [3.8, 4) is 0 Å². The Morgan fingerprint density at radius 2 is 2.40 bits per heavy atom. The predicted molar refractivity (Wildman–Crippen MR) is 72.8 cm³/mol. The van der Waals surface area contributed by atoms with Crippen molar-refractivity contribution in [1.29, 1.82) is 0 Å². The van der Waals surface area contributed by atoms with Gasteiger partial charge in [-0.25, -0.2) is 9.18 Å². The van der Waals surface area contributed by atoms with Gasteiger partial charge in [-0.2, -0.15) is 0 Å². The van der Waals surface area contributed by atoms with Gasteiger partial charge >= 0.3 is 5.97 Å². The highest BCUT2D eigenvalue weighted by atomic mass is 35.5. The van der Waals surface area contributed by atoms with Gasteiger partial charge in [0.15, 0.2) is 0 Å². The summed E-state index contributed by atoms with van der Waals surface area (Å²) in [7, 11) is 1.26. The maximum atomic E-state index is 13.0. The highest BCUT2D eigenvalue weighted by Crippen LogP contribution is 2.24. The first-order valence-corrected chi connectivity index (χ1v) is 6.25. The van der Waals surface area contributed by atoms with Gasteiger partial charge in [-0.3, -0.25) is 0 Å². The number of carbonyl (C=O) groups is 1. The average molecular weight is 301 g/mol. The van der Waals surface area contributed by atoms with Crippen molar-refractivity contribution in [3.63, 3.8) is 0 Å². The summed E-state index contributed by atoms with van der Waals surface area (Å²) in [6.45, 7) is 0.737. The molecule has 0 saturated heterocycles. The molecule has 0 aliphatic rings. The fourth-order valence-electron chi connectivity index (χ4n) is 1.61. The molecule has 0 bridgehead atoms. The van der Waals surface area contributed by atoms with E-state index in [0.29, 0.717) is 25.1 Å². The van der Waals surface area contributed by atoms with E-state index in [1.807, 2.05) is 0 Å². The van der Waals surface area contributed by atoms with Crippen molar-refractivity contribution in [2.24, 2.45) is 5.11 Å². The van der Waals surface area contributed by atoms with Crippen LogP contribution in [-0.2, 0) is 9.53 Å². The number of carbonyl (C=O) groups excluding carboxylic acids is 1. The number of halogens is 2. The molecule has 1 aromatic carbocycles. The molecule has 20 heavy (non-hydrogen) atoms. The molecule has 6 nitrogen and oxygen atoms in total. The number of rotatable bonds is 7. The fraction of sp³-hybridized carbons (Fsp3) is 0.417. The average Bonchev–Trinajstić information content (AvgIpc) is 2.43. The van der Waals surface area contributed by atoms with Crippen LogP contribution < -0.4 is 5.32 Å². The van der Waals surface area contributed by atoms with Crippen molar-refractivity contribution in [2.75, 3.05) is 20.2 Å². The predicted octanol–water partition coefficient (Wildman–Crippen LogP) is 2.98. The van der Waals surface area contributed by atoms with Crippen LogP contribution in [0, 0.1) is 5.82 Å². The number of nitrogens with zero attached hydrogens (tertiary/aromatic N) is 3. The number of hydrogen-bond acceptors (Lipinski definition) is 4. The lowest BCUT2D eigenvalue weighted by atomic mass is 10.1. The van der Waals surface area contributed by atoms with Crippen LogP contribution >= 0.6 is 11.6 Å². The van der Waals surface area contributed by atoms with Crippen LogP contribution in [0.25, 0.3) is 10.4 Å². The minimum Gasteiger partial charge on any atom is -0.468 e. The van der Waals surface area contributed by atoms with Gasteiger partial charge < -0.3 is 10.1 Å². The molecule has 1 unspecified atom stereocenters. The van der Waals surface area contributed by atoms with Crippen LogP contribution in [0.2, 0.25) is 5.02 Å². The van der Waals surface area contributed by atoms with Crippen molar-refractivity contribution >= 4 is 17.6 Å². The minimum absolute atomic E-state index is 0.142. The van der Waals surface area contributed by atoms with Gasteiger partial charge in [0.1, 0.15) is 11.9 Å². The summed E-state index contributed by atoms with van der Waals surface area (Å²) in [6.07, 6.45) is 0.552. The van der Waals surface area contributed by atoms with Crippen molar-refractivity contribution in [3.05, 3.63) is 45.0 Å². The highest BCUT2D eigenvalue weighted by Gasteiger charge is 2.23. The summed E-state index contributed by atoms with van der Waals surface area (Å²) in [5.74, 6) is -1.01. The smallest absolute Gasteiger partial charge is 0.327 e. The van der Waals surface area contributed by atoms with Crippen molar-refractivity contribution in [1.82, 2.24) is 5.32 Å².